The number of anilines is 1. The van der Waals surface area contributed by atoms with Crippen molar-refractivity contribution in [2.24, 2.45) is 0 Å². The number of carbonyl (C=O) groups excluding carboxylic acids is 1. The molecule has 2 aromatic rings. The first kappa shape index (κ1) is 22.2. The Balaban J connectivity index is 2.34. The molecule has 0 aliphatic rings. The Hall–Kier alpha value is -2.14. The van der Waals surface area contributed by atoms with Gasteiger partial charge in [-0.1, -0.05) is 11.8 Å². The van der Waals surface area contributed by atoms with E-state index >= 15 is 0 Å². The number of amides is 1. The number of rotatable bonds is 7. The lowest BCUT2D eigenvalue weighted by Crippen LogP contribution is -2.13. The van der Waals surface area contributed by atoms with E-state index in [1.54, 1.807) is 6.26 Å². The highest BCUT2D eigenvalue weighted by Gasteiger charge is 2.18. The first-order chi connectivity index (χ1) is 13.2. The largest absolute Gasteiger partial charge is 0.493 e. The van der Waals surface area contributed by atoms with Gasteiger partial charge in [0.1, 0.15) is 11.6 Å². The van der Waals surface area contributed by atoms with E-state index < -0.39 is 16.0 Å². The number of hydrogen-bond donors (Lipinski definition) is 1. The summed E-state index contributed by atoms with van der Waals surface area (Å²) in [6.45, 7) is 0. The van der Waals surface area contributed by atoms with E-state index in [9.17, 15) is 18.5 Å². The third-order valence-corrected chi connectivity index (χ3v) is 5.33. The fraction of sp³-hybridized carbons (Fsp3) is 0.200. The minimum absolute atomic E-state index is 0.0384. The van der Waals surface area contributed by atoms with Gasteiger partial charge in [0.2, 0.25) is 10.3 Å². The molecule has 0 bridgehead atoms. The summed E-state index contributed by atoms with van der Waals surface area (Å²) in [5.41, 5.74) is 0.227. The highest BCUT2D eigenvalue weighted by atomic mass is 79.9. The molecule has 1 aromatic carbocycles. The molecule has 0 fully saturated rings. The summed E-state index contributed by atoms with van der Waals surface area (Å²) in [4.78, 5) is 16.4. The molecule has 0 atom stereocenters. The lowest BCUT2D eigenvalue weighted by atomic mass is 10.1. The maximum atomic E-state index is 12.3. The van der Waals surface area contributed by atoms with Crippen molar-refractivity contribution >= 4 is 66.5 Å². The first-order valence-electron chi connectivity index (χ1n) is 7.24. The number of nitrogens with zero attached hydrogens (tertiary/aromatic N) is 3. The summed E-state index contributed by atoms with van der Waals surface area (Å²) in [5, 5.41) is 12.6. The SMILES string of the molecule is COc1cc(C=C(C#N)C(=O)Nc2nc(SC)ns2)cc(Br)c1OS(C)(=O)=O. The van der Waals surface area contributed by atoms with Gasteiger partial charge in [-0.15, -0.1) is 0 Å². The quantitative estimate of drug-likeness (QED) is 0.261. The zero-order valence-corrected chi connectivity index (χ0v) is 18.8. The van der Waals surface area contributed by atoms with Gasteiger partial charge >= 0.3 is 10.1 Å². The molecule has 1 aromatic heterocycles. The molecule has 0 saturated carbocycles. The predicted molar refractivity (Wildman–Crippen MR) is 110 cm³/mol. The van der Waals surface area contributed by atoms with Gasteiger partial charge in [-0.2, -0.15) is 23.0 Å². The Bertz CT molecular complexity index is 1080. The van der Waals surface area contributed by atoms with Crippen molar-refractivity contribution < 1.29 is 22.1 Å². The van der Waals surface area contributed by atoms with Crippen molar-refractivity contribution in [1.29, 1.82) is 5.26 Å². The Morgan fingerprint density at radius 3 is 2.71 bits per heavy atom. The van der Waals surface area contributed by atoms with E-state index in [4.69, 9.17) is 8.92 Å². The number of hydrogen-bond acceptors (Lipinski definition) is 10. The Labute approximate surface area is 178 Å². The standard InChI is InChI=1S/C15H13BrN4O5S3/c1-24-11-6-8(5-10(16)12(11)25-28(3,22)23)4-9(7-17)13(21)18-14-19-15(26-2)20-27-14/h4-6H,1-3H3,(H,18,19,20,21). The third-order valence-electron chi connectivity index (χ3n) is 2.97. The molecule has 1 heterocycles. The summed E-state index contributed by atoms with van der Waals surface area (Å²) in [6, 6.07) is 4.75. The molecule has 0 saturated heterocycles. The van der Waals surface area contributed by atoms with E-state index in [1.165, 1.54) is 37.1 Å². The summed E-state index contributed by atoms with van der Waals surface area (Å²) >= 11 is 5.53. The van der Waals surface area contributed by atoms with Gasteiger partial charge in [0, 0.05) is 11.5 Å². The van der Waals surface area contributed by atoms with E-state index in [2.05, 4.69) is 30.6 Å². The minimum atomic E-state index is -3.78. The van der Waals surface area contributed by atoms with Crippen molar-refractivity contribution in [1.82, 2.24) is 9.36 Å². The number of aromatic nitrogens is 2. The highest BCUT2D eigenvalue weighted by Crippen LogP contribution is 2.38. The Morgan fingerprint density at radius 2 is 2.18 bits per heavy atom. The van der Waals surface area contributed by atoms with Gasteiger partial charge < -0.3 is 8.92 Å². The molecular weight excluding hydrogens is 492 g/mol. The average Bonchev–Trinajstić information content (AvgIpc) is 3.08. The van der Waals surface area contributed by atoms with Gasteiger partial charge in [-0.3, -0.25) is 10.1 Å². The maximum absolute atomic E-state index is 12.3. The first-order valence-corrected chi connectivity index (χ1v) is 11.9. The number of methoxy groups -OCH3 is 1. The number of nitrogens with one attached hydrogen (secondary N) is 1. The fourth-order valence-electron chi connectivity index (χ4n) is 1.88. The van der Waals surface area contributed by atoms with Crippen molar-refractivity contribution in [3.05, 3.63) is 27.7 Å². The van der Waals surface area contributed by atoms with Gasteiger partial charge in [-0.05, 0) is 46.0 Å². The molecule has 0 aliphatic heterocycles. The van der Waals surface area contributed by atoms with Crippen LogP contribution >= 0.6 is 39.2 Å². The van der Waals surface area contributed by atoms with Crippen LogP contribution in [-0.4, -0.2) is 43.3 Å². The van der Waals surface area contributed by atoms with Crippen molar-refractivity contribution in [3.63, 3.8) is 0 Å². The second-order valence-electron chi connectivity index (χ2n) is 5.03. The zero-order valence-electron chi connectivity index (χ0n) is 14.7. The fourth-order valence-corrected chi connectivity index (χ4v) is 4.12. The number of ether oxygens (including phenoxy) is 1. The Kier molecular flexibility index (Phi) is 7.41. The van der Waals surface area contributed by atoms with E-state index in [-0.39, 0.29) is 26.7 Å². The molecule has 13 heteroatoms. The van der Waals surface area contributed by atoms with Gasteiger partial charge in [-0.25, -0.2) is 0 Å². The molecule has 1 N–H and O–H groups in total. The minimum Gasteiger partial charge on any atom is -0.493 e. The van der Waals surface area contributed by atoms with Crippen LogP contribution in [0.2, 0.25) is 0 Å². The summed E-state index contributed by atoms with van der Waals surface area (Å²) in [6.07, 6.45) is 4.03. The summed E-state index contributed by atoms with van der Waals surface area (Å²) in [5.74, 6) is -0.584. The van der Waals surface area contributed by atoms with E-state index in [0.717, 1.165) is 17.8 Å². The number of halogens is 1. The lowest BCUT2D eigenvalue weighted by molar-refractivity contribution is -0.112. The van der Waals surface area contributed by atoms with Gasteiger partial charge in [0.05, 0.1) is 17.8 Å². The van der Waals surface area contributed by atoms with Crippen LogP contribution in [-0.2, 0) is 14.9 Å². The monoisotopic (exact) mass is 504 g/mol. The van der Waals surface area contributed by atoms with Crippen molar-refractivity contribution in [3.8, 4) is 17.6 Å². The number of carbonyl (C=O) groups is 1. The van der Waals surface area contributed by atoms with E-state index in [1.807, 2.05) is 6.07 Å². The number of nitriles is 1. The molecule has 0 aliphatic carbocycles. The van der Waals surface area contributed by atoms with E-state index in [0.29, 0.717) is 10.7 Å². The van der Waals surface area contributed by atoms with Crippen LogP contribution in [0.3, 0.4) is 0 Å². The highest BCUT2D eigenvalue weighted by molar-refractivity contribution is 9.10. The summed E-state index contributed by atoms with van der Waals surface area (Å²) in [7, 11) is -2.44. The van der Waals surface area contributed by atoms with Crippen LogP contribution in [0.15, 0.2) is 27.3 Å². The van der Waals surface area contributed by atoms with Gasteiger partial charge in [0.15, 0.2) is 11.5 Å². The molecular formula is C15H13BrN4O5S3. The third kappa shape index (κ3) is 5.93. The smallest absolute Gasteiger partial charge is 0.306 e. The zero-order chi connectivity index (χ0) is 20.9. The second-order valence-corrected chi connectivity index (χ2v) is 8.99. The average molecular weight is 505 g/mol. The molecule has 1 amide bonds. The van der Waals surface area contributed by atoms with Crippen LogP contribution in [0, 0.1) is 11.3 Å². The molecule has 2 rings (SSSR count). The molecule has 0 spiro atoms. The topological polar surface area (TPSA) is 131 Å². The van der Waals surface area contributed by atoms with Crippen LogP contribution in [0.4, 0.5) is 5.13 Å². The van der Waals surface area contributed by atoms with Crippen LogP contribution in [0.5, 0.6) is 11.5 Å². The van der Waals surface area contributed by atoms with Crippen LogP contribution < -0.4 is 14.2 Å². The predicted octanol–water partition coefficient (Wildman–Crippen LogP) is 2.92. The molecule has 9 nitrogen and oxygen atoms in total. The number of benzene rings is 1. The lowest BCUT2D eigenvalue weighted by Gasteiger charge is -2.11. The maximum Gasteiger partial charge on any atom is 0.306 e. The summed E-state index contributed by atoms with van der Waals surface area (Å²) < 4.78 is 37.1. The number of thioether (sulfide) groups is 1. The van der Waals surface area contributed by atoms with Crippen molar-refractivity contribution in [2.75, 3.05) is 24.9 Å². The van der Waals surface area contributed by atoms with Gasteiger partial charge in [0.25, 0.3) is 5.91 Å². The second kappa shape index (κ2) is 9.37. The normalized spacial score (nSPS) is 11.6. The Morgan fingerprint density at radius 1 is 1.46 bits per heavy atom. The molecule has 0 unspecified atom stereocenters. The molecule has 28 heavy (non-hydrogen) atoms. The van der Waals surface area contributed by atoms with Crippen molar-refractivity contribution in [2.45, 2.75) is 5.16 Å². The van der Waals surface area contributed by atoms with Crippen LogP contribution in [0.25, 0.3) is 6.08 Å². The van der Waals surface area contributed by atoms with Crippen LogP contribution in [0.1, 0.15) is 5.56 Å². The molecule has 0 radical (unpaired) electrons. The molecule has 148 valence electrons.